The molecule has 0 radical (unpaired) electrons. The van der Waals surface area contributed by atoms with Crippen LogP contribution in [0.5, 0.6) is 0 Å². The minimum atomic E-state index is -0.626. The number of carbonyl (C=O) groups excluding carboxylic acids is 1. The van der Waals surface area contributed by atoms with E-state index in [1.807, 2.05) is 44.2 Å². The van der Waals surface area contributed by atoms with Crippen LogP contribution in [0.25, 0.3) is 11.5 Å². The van der Waals surface area contributed by atoms with Crippen LogP contribution >= 0.6 is 0 Å². The number of piperidine rings is 1. The highest BCUT2D eigenvalue weighted by Gasteiger charge is 2.21. The van der Waals surface area contributed by atoms with Crippen molar-refractivity contribution in [3.63, 3.8) is 0 Å². The summed E-state index contributed by atoms with van der Waals surface area (Å²) in [6, 6.07) is 14.1. The fraction of sp³-hybridized carbons (Fsp3) is 0.304. The number of carbonyl (C=O) groups is 1. The van der Waals surface area contributed by atoms with Crippen molar-refractivity contribution >= 4 is 23.2 Å². The third kappa shape index (κ3) is 3.97. The summed E-state index contributed by atoms with van der Waals surface area (Å²) in [6.45, 7) is 6.17. The molecule has 1 aliphatic rings. The Bertz CT molecular complexity index is 998. The van der Waals surface area contributed by atoms with Gasteiger partial charge in [0.2, 0.25) is 11.8 Å². The second-order valence-electron chi connectivity index (χ2n) is 7.55. The van der Waals surface area contributed by atoms with Crippen LogP contribution in [0.1, 0.15) is 40.9 Å². The average molecular weight is 390 g/mol. The molecule has 3 N–H and O–H groups in total. The third-order valence-corrected chi connectivity index (χ3v) is 5.40. The van der Waals surface area contributed by atoms with Crippen molar-refractivity contribution in [2.24, 2.45) is 5.73 Å². The Morgan fingerprint density at radius 2 is 1.69 bits per heavy atom. The molecule has 0 bridgehead atoms. The summed E-state index contributed by atoms with van der Waals surface area (Å²) in [4.78, 5) is 18.7. The first-order valence-electron chi connectivity index (χ1n) is 10.0. The van der Waals surface area contributed by atoms with Crippen LogP contribution in [-0.4, -0.2) is 24.0 Å². The molecule has 0 unspecified atom stereocenters. The number of amides is 1. The van der Waals surface area contributed by atoms with Crippen LogP contribution in [0.15, 0.2) is 46.9 Å². The van der Waals surface area contributed by atoms with Crippen LogP contribution in [0.4, 0.5) is 17.3 Å². The normalized spacial score (nSPS) is 14.1. The van der Waals surface area contributed by atoms with E-state index in [2.05, 4.69) is 27.3 Å². The summed E-state index contributed by atoms with van der Waals surface area (Å²) >= 11 is 0. The average Bonchev–Trinajstić information content (AvgIpc) is 3.13. The van der Waals surface area contributed by atoms with Gasteiger partial charge in [-0.2, -0.15) is 0 Å². The molecule has 2 aromatic carbocycles. The molecule has 1 amide bonds. The number of primary amides is 1. The van der Waals surface area contributed by atoms with Crippen LogP contribution in [0, 0.1) is 13.8 Å². The van der Waals surface area contributed by atoms with Gasteiger partial charge >= 0.3 is 0 Å². The van der Waals surface area contributed by atoms with E-state index < -0.39 is 5.91 Å². The van der Waals surface area contributed by atoms with Gasteiger partial charge in [-0.25, -0.2) is 4.98 Å². The minimum Gasteiger partial charge on any atom is -0.419 e. The van der Waals surface area contributed by atoms with Gasteiger partial charge in [0.1, 0.15) is 0 Å². The number of hydrogen-bond acceptors (Lipinski definition) is 5. The number of nitrogens with one attached hydrogen (secondary N) is 1. The Morgan fingerprint density at radius 1 is 1.03 bits per heavy atom. The number of anilines is 3. The molecule has 3 aromatic rings. The van der Waals surface area contributed by atoms with E-state index in [1.165, 1.54) is 24.9 Å². The van der Waals surface area contributed by atoms with Crippen molar-refractivity contribution < 1.29 is 9.21 Å². The molecular formula is C23H26N4O2. The Hall–Kier alpha value is -3.28. The number of nitrogens with two attached hydrogens (primary N) is 1. The minimum absolute atomic E-state index is 0.0998. The molecule has 4 rings (SSSR count). The highest BCUT2D eigenvalue weighted by Crippen LogP contribution is 2.32. The van der Waals surface area contributed by atoms with E-state index in [1.54, 1.807) is 0 Å². The fourth-order valence-corrected chi connectivity index (χ4v) is 3.87. The summed E-state index contributed by atoms with van der Waals surface area (Å²) in [7, 11) is 0. The highest BCUT2D eigenvalue weighted by atomic mass is 16.4. The first-order valence-corrected chi connectivity index (χ1v) is 10.0. The van der Waals surface area contributed by atoms with Crippen LogP contribution < -0.4 is 16.0 Å². The molecular weight excluding hydrogens is 364 g/mol. The summed E-state index contributed by atoms with van der Waals surface area (Å²) in [5.74, 6) is 0.0291. The van der Waals surface area contributed by atoms with E-state index in [4.69, 9.17) is 10.2 Å². The predicted molar refractivity (Wildman–Crippen MR) is 116 cm³/mol. The molecule has 6 heteroatoms. The fourth-order valence-electron chi connectivity index (χ4n) is 3.87. The van der Waals surface area contributed by atoms with E-state index in [-0.39, 0.29) is 11.6 Å². The predicted octanol–water partition coefficient (Wildman–Crippen LogP) is 4.79. The van der Waals surface area contributed by atoms with Crippen molar-refractivity contribution in [3.8, 4) is 11.5 Å². The number of nitrogens with zero attached hydrogens (tertiary/aromatic N) is 2. The molecule has 0 saturated carbocycles. The molecule has 29 heavy (non-hydrogen) atoms. The van der Waals surface area contributed by atoms with E-state index in [0.717, 1.165) is 35.5 Å². The monoisotopic (exact) mass is 390 g/mol. The van der Waals surface area contributed by atoms with Gasteiger partial charge in [0, 0.05) is 30.0 Å². The SMILES string of the molecule is Cc1cccc(C)c1-c1nc(C(N)=O)c(Nc2ccc(N3CCCCC3)cc2)o1. The third-order valence-electron chi connectivity index (χ3n) is 5.40. The number of aryl methyl sites for hydroxylation is 2. The van der Waals surface area contributed by atoms with Gasteiger partial charge in [-0.1, -0.05) is 18.2 Å². The zero-order valence-electron chi connectivity index (χ0n) is 16.9. The smallest absolute Gasteiger partial charge is 0.273 e. The van der Waals surface area contributed by atoms with Gasteiger partial charge in [-0.05, 0) is 68.5 Å². The highest BCUT2D eigenvalue weighted by molar-refractivity contribution is 5.96. The van der Waals surface area contributed by atoms with Gasteiger partial charge < -0.3 is 20.4 Å². The van der Waals surface area contributed by atoms with Crippen molar-refractivity contribution in [1.29, 1.82) is 0 Å². The summed E-state index contributed by atoms with van der Waals surface area (Å²) in [5, 5.41) is 3.16. The molecule has 1 aromatic heterocycles. The number of aromatic nitrogens is 1. The van der Waals surface area contributed by atoms with Crippen LogP contribution in [-0.2, 0) is 0 Å². The summed E-state index contributed by atoms with van der Waals surface area (Å²) < 4.78 is 5.94. The van der Waals surface area contributed by atoms with E-state index in [9.17, 15) is 4.79 Å². The molecule has 1 fully saturated rings. The maximum atomic E-state index is 11.9. The Labute approximate surface area is 170 Å². The molecule has 150 valence electrons. The van der Waals surface area contributed by atoms with E-state index in [0.29, 0.717) is 5.89 Å². The lowest BCUT2D eigenvalue weighted by Gasteiger charge is -2.28. The number of benzene rings is 2. The number of rotatable bonds is 5. The van der Waals surface area contributed by atoms with Crippen molar-refractivity contribution in [1.82, 2.24) is 4.98 Å². The van der Waals surface area contributed by atoms with Gasteiger partial charge in [0.25, 0.3) is 5.91 Å². The maximum Gasteiger partial charge on any atom is 0.273 e. The topological polar surface area (TPSA) is 84.4 Å². The second kappa shape index (κ2) is 7.99. The standard InChI is InChI=1S/C23H26N4O2/c1-15-7-6-8-16(2)19(15)22-26-20(21(24)28)23(29-22)25-17-9-11-18(12-10-17)27-13-4-3-5-14-27/h6-12,25H,3-5,13-14H2,1-2H3,(H2,24,28). The zero-order chi connectivity index (χ0) is 20.4. The number of hydrogen-bond donors (Lipinski definition) is 2. The van der Waals surface area contributed by atoms with Crippen molar-refractivity contribution in [2.75, 3.05) is 23.3 Å². The lowest BCUT2D eigenvalue weighted by Crippen LogP contribution is -2.29. The van der Waals surface area contributed by atoms with Crippen molar-refractivity contribution in [2.45, 2.75) is 33.1 Å². The Kier molecular flexibility index (Phi) is 5.25. The molecule has 0 atom stereocenters. The molecule has 2 heterocycles. The lowest BCUT2D eigenvalue weighted by atomic mass is 10.0. The van der Waals surface area contributed by atoms with E-state index >= 15 is 0 Å². The summed E-state index contributed by atoms with van der Waals surface area (Å²) in [6.07, 6.45) is 3.78. The number of oxazole rings is 1. The Balaban J connectivity index is 1.61. The zero-order valence-corrected chi connectivity index (χ0v) is 16.9. The Morgan fingerprint density at radius 3 is 2.31 bits per heavy atom. The van der Waals surface area contributed by atoms with Gasteiger partial charge in [0.05, 0.1) is 0 Å². The maximum absolute atomic E-state index is 11.9. The van der Waals surface area contributed by atoms with Crippen molar-refractivity contribution in [3.05, 3.63) is 59.3 Å². The molecule has 0 spiro atoms. The molecule has 0 aliphatic carbocycles. The van der Waals surface area contributed by atoms with Crippen LogP contribution in [0.3, 0.4) is 0 Å². The molecule has 1 saturated heterocycles. The van der Waals surface area contributed by atoms with Gasteiger partial charge in [-0.3, -0.25) is 4.79 Å². The van der Waals surface area contributed by atoms with Crippen LogP contribution in [0.2, 0.25) is 0 Å². The largest absolute Gasteiger partial charge is 0.419 e. The lowest BCUT2D eigenvalue weighted by molar-refractivity contribution is 0.0996. The van der Waals surface area contributed by atoms with Gasteiger partial charge in [0.15, 0.2) is 5.69 Å². The van der Waals surface area contributed by atoms with Gasteiger partial charge in [-0.15, -0.1) is 0 Å². The molecule has 6 nitrogen and oxygen atoms in total. The summed E-state index contributed by atoms with van der Waals surface area (Å²) in [5.41, 5.74) is 10.6. The molecule has 1 aliphatic heterocycles. The second-order valence-corrected chi connectivity index (χ2v) is 7.55. The first kappa shape index (κ1) is 19.1. The quantitative estimate of drug-likeness (QED) is 0.654. The first-order chi connectivity index (χ1) is 14.0.